The van der Waals surface area contributed by atoms with Gasteiger partial charge >= 0.3 is 0 Å². The smallest absolute Gasteiger partial charge is 0.250 e. The van der Waals surface area contributed by atoms with Crippen molar-refractivity contribution in [1.29, 1.82) is 0 Å². The number of rotatable bonds is 9. The van der Waals surface area contributed by atoms with Crippen LogP contribution in [-0.2, 0) is 6.54 Å². The van der Waals surface area contributed by atoms with Crippen molar-refractivity contribution in [2.45, 2.75) is 6.54 Å². The molecule has 6 heteroatoms. The summed E-state index contributed by atoms with van der Waals surface area (Å²) >= 11 is 0. The Labute approximate surface area is 369 Å². The molecule has 9 aromatic carbocycles. The average Bonchev–Trinajstić information content (AvgIpc) is 3.58. The standard InChI is InChI=1S/C57H43BN2O3/c1-5-18-41(19-6-1)42-20-15-25-45(38-42)60(46-26-16-29-48(39-46)62-47-27-11-4-12-28-47)53-35-34-52-57(63-55-32-14-13-31-51(55)58(52)43-21-7-2-8-22-43)56(53)49-30-17-33-54-50(49)40-59(36-37-61-54)44-23-9-3-10-24-44/h1-35,38-39H,36-37,40H2. The molecule has 0 spiro atoms. The SMILES string of the molecule is c1ccc(Oc2cccc(N(c3cccc(-c4ccccc4)c3)c3ccc4c(c3-c3cccc5c3CN(c3ccccc3)CCO5)Oc3ccccc3B4c3ccccc3)c2)cc1. The van der Waals surface area contributed by atoms with Crippen molar-refractivity contribution in [2.24, 2.45) is 0 Å². The Bertz CT molecular complexity index is 3040. The Kier molecular flexibility index (Phi) is 10.2. The second kappa shape index (κ2) is 16.8. The van der Waals surface area contributed by atoms with Gasteiger partial charge in [0.2, 0.25) is 0 Å². The third-order valence-electron chi connectivity index (χ3n) is 12.1. The second-order valence-corrected chi connectivity index (χ2v) is 15.9. The lowest BCUT2D eigenvalue weighted by Gasteiger charge is -2.34. The van der Waals surface area contributed by atoms with Crippen LogP contribution in [0.3, 0.4) is 0 Å². The molecule has 2 heterocycles. The molecule has 2 aliphatic heterocycles. The largest absolute Gasteiger partial charge is 0.491 e. The Morgan fingerprint density at radius 2 is 1.14 bits per heavy atom. The zero-order valence-corrected chi connectivity index (χ0v) is 34.7. The zero-order valence-electron chi connectivity index (χ0n) is 34.7. The predicted octanol–water partition coefficient (Wildman–Crippen LogP) is 12.3. The lowest BCUT2D eigenvalue weighted by atomic mass is 9.35. The number of benzene rings is 9. The van der Waals surface area contributed by atoms with E-state index in [1.54, 1.807) is 0 Å². The first-order valence-electron chi connectivity index (χ1n) is 21.6. The normalized spacial score (nSPS) is 12.8. The number of anilines is 4. The van der Waals surface area contributed by atoms with Gasteiger partial charge in [0, 0.05) is 40.8 Å². The van der Waals surface area contributed by atoms with Crippen molar-refractivity contribution < 1.29 is 14.2 Å². The van der Waals surface area contributed by atoms with Gasteiger partial charge in [-0.05, 0) is 94.3 Å². The van der Waals surface area contributed by atoms with Crippen LogP contribution in [0.5, 0.6) is 28.7 Å². The molecule has 0 fully saturated rings. The van der Waals surface area contributed by atoms with E-state index in [4.69, 9.17) is 14.2 Å². The molecule has 2 aliphatic rings. The summed E-state index contributed by atoms with van der Waals surface area (Å²) in [7, 11) is 0. The molecule has 0 aliphatic carbocycles. The first-order valence-corrected chi connectivity index (χ1v) is 21.6. The van der Waals surface area contributed by atoms with E-state index >= 15 is 0 Å². The minimum absolute atomic E-state index is 0.0595. The first-order chi connectivity index (χ1) is 31.2. The lowest BCUT2D eigenvalue weighted by molar-refractivity contribution is 0.332. The van der Waals surface area contributed by atoms with Crippen LogP contribution in [0.15, 0.2) is 224 Å². The predicted molar refractivity (Wildman–Crippen MR) is 259 cm³/mol. The summed E-state index contributed by atoms with van der Waals surface area (Å²) in [4.78, 5) is 4.77. The van der Waals surface area contributed by atoms with Gasteiger partial charge in [-0.25, -0.2) is 0 Å². The third kappa shape index (κ3) is 7.46. The molecule has 0 bridgehead atoms. The van der Waals surface area contributed by atoms with E-state index in [9.17, 15) is 0 Å². The number of fused-ring (bicyclic) bond motifs is 3. The minimum Gasteiger partial charge on any atom is -0.491 e. The molecular weight excluding hydrogens is 771 g/mol. The maximum Gasteiger partial charge on any atom is 0.250 e. The number of para-hydroxylation sites is 3. The van der Waals surface area contributed by atoms with Crippen LogP contribution < -0.4 is 40.4 Å². The second-order valence-electron chi connectivity index (χ2n) is 15.9. The highest BCUT2D eigenvalue weighted by molar-refractivity contribution is 6.97. The van der Waals surface area contributed by atoms with E-state index in [0.717, 1.165) is 96.8 Å². The van der Waals surface area contributed by atoms with E-state index in [1.807, 2.05) is 36.4 Å². The summed E-state index contributed by atoms with van der Waals surface area (Å²) < 4.78 is 20.5. The fourth-order valence-electron chi connectivity index (χ4n) is 9.15. The topological polar surface area (TPSA) is 34.2 Å². The minimum atomic E-state index is -0.0595. The summed E-state index contributed by atoms with van der Waals surface area (Å²) in [5.41, 5.74) is 12.9. The van der Waals surface area contributed by atoms with Crippen molar-refractivity contribution in [2.75, 3.05) is 23.0 Å². The Morgan fingerprint density at radius 1 is 0.508 bits per heavy atom. The molecule has 9 aromatic rings. The summed E-state index contributed by atoms with van der Waals surface area (Å²) in [6, 6.07) is 78.6. The highest BCUT2D eigenvalue weighted by atomic mass is 16.5. The number of hydrogen-bond donors (Lipinski definition) is 0. The quantitative estimate of drug-likeness (QED) is 0.136. The molecule has 0 saturated heterocycles. The monoisotopic (exact) mass is 814 g/mol. The summed E-state index contributed by atoms with van der Waals surface area (Å²) in [5, 5.41) is 0. The molecule has 11 rings (SSSR count). The van der Waals surface area contributed by atoms with E-state index < -0.39 is 0 Å². The van der Waals surface area contributed by atoms with Crippen LogP contribution in [0.2, 0.25) is 0 Å². The molecule has 0 amide bonds. The van der Waals surface area contributed by atoms with Crippen LogP contribution >= 0.6 is 0 Å². The maximum absolute atomic E-state index is 7.30. The van der Waals surface area contributed by atoms with Crippen LogP contribution in [0.25, 0.3) is 22.3 Å². The molecule has 0 atom stereocenters. The zero-order chi connectivity index (χ0) is 42.0. The molecule has 63 heavy (non-hydrogen) atoms. The van der Waals surface area contributed by atoms with Gasteiger partial charge in [-0.15, -0.1) is 0 Å². The van der Waals surface area contributed by atoms with E-state index in [-0.39, 0.29) is 6.71 Å². The summed E-state index contributed by atoms with van der Waals surface area (Å²) in [5.74, 6) is 4.05. The molecule has 0 radical (unpaired) electrons. The molecule has 0 saturated carbocycles. The summed E-state index contributed by atoms with van der Waals surface area (Å²) in [6.07, 6.45) is 0. The highest BCUT2D eigenvalue weighted by Gasteiger charge is 2.37. The van der Waals surface area contributed by atoms with Gasteiger partial charge in [0.05, 0.1) is 12.2 Å². The van der Waals surface area contributed by atoms with Crippen molar-refractivity contribution >= 4 is 45.9 Å². The third-order valence-corrected chi connectivity index (χ3v) is 12.1. The number of ether oxygens (including phenoxy) is 3. The van der Waals surface area contributed by atoms with E-state index in [0.29, 0.717) is 13.2 Å². The van der Waals surface area contributed by atoms with Crippen molar-refractivity contribution in [3.8, 4) is 51.0 Å². The molecule has 0 aromatic heterocycles. The Morgan fingerprint density at radius 3 is 1.95 bits per heavy atom. The van der Waals surface area contributed by atoms with Gasteiger partial charge in [0.25, 0.3) is 6.71 Å². The maximum atomic E-state index is 7.30. The molecule has 302 valence electrons. The summed E-state index contributed by atoms with van der Waals surface area (Å²) in [6.45, 7) is 1.92. The van der Waals surface area contributed by atoms with Gasteiger partial charge in [-0.3, -0.25) is 0 Å². The molecular formula is C57H43BN2O3. The van der Waals surface area contributed by atoms with Crippen molar-refractivity contribution in [3.05, 3.63) is 230 Å². The fourth-order valence-corrected chi connectivity index (χ4v) is 9.15. The van der Waals surface area contributed by atoms with Crippen molar-refractivity contribution in [3.63, 3.8) is 0 Å². The van der Waals surface area contributed by atoms with E-state index in [1.165, 1.54) is 5.46 Å². The van der Waals surface area contributed by atoms with Gasteiger partial charge in [-0.1, -0.05) is 157 Å². The van der Waals surface area contributed by atoms with Gasteiger partial charge in [-0.2, -0.15) is 0 Å². The first kappa shape index (κ1) is 38.0. The fraction of sp³-hybridized carbons (Fsp3) is 0.0526. The van der Waals surface area contributed by atoms with Crippen LogP contribution in [0.4, 0.5) is 22.7 Å². The Balaban J connectivity index is 1.19. The number of hydrogen-bond acceptors (Lipinski definition) is 5. The lowest BCUT2D eigenvalue weighted by Crippen LogP contribution is -2.55. The van der Waals surface area contributed by atoms with E-state index in [2.05, 4.69) is 198 Å². The van der Waals surface area contributed by atoms with Crippen LogP contribution in [0, 0.1) is 0 Å². The van der Waals surface area contributed by atoms with Gasteiger partial charge in [0.15, 0.2) is 0 Å². The van der Waals surface area contributed by atoms with Crippen molar-refractivity contribution in [1.82, 2.24) is 0 Å². The molecule has 0 unspecified atom stereocenters. The Hall–Kier alpha value is -7.96. The molecule has 0 N–H and O–H groups in total. The highest BCUT2D eigenvalue weighted by Crippen LogP contribution is 2.50. The average molecular weight is 815 g/mol. The van der Waals surface area contributed by atoms with Gasteiger partial charge < -0.3 is 24.0 Å². The molecule has 5 nitrogen and oxygen atoms in total. The number of nitrogens with zero attached hydrogens (tertiary/aromatic N) is 2. The van der Waals surface area contributed by atoms with Crippen LogP contribution in [0.1, 0.15) is 5.56 Å². The van der Waals surface area contributed by atoms with Gasteiger partial charge in [0.1, 0.15) is 35.4 Å². The van der Waals surface area contributed by atoms with Crippen LogP contribution in [-0.4, -0.2) is 19.9 Å².